The molecule has 1 unspecified atom stereocenters. The van der Waals surface area contributed by atoms with Crippen molar-refractivity contribution >= 4 is 21.9 Å². The third kappa shape index (κ3) is 5.20. The molecule has 0 aromatic heterocycles. The molecule has 0 bridgehead atoms. The lowest BCUT2D eigenvalue weighted by Gasteiger charge is -2.30. The van der Waals surface area contributed by atoms with Gasteiger partial charge >= 0.3 is 0 Å². The van der Waals surface area contributed by atoms with Crippen LogP contribution in [0.15, 0.2) is 33.7 Å². The molecule has 2 N–H and O–H groups in total. The Labute approximate surface area is 160 Å². The number of nitrogens with one attached hydrogen (secondary N) is 2. The molecule has 3 rings (SSSR count). The van der Waals surface area contributed by atoms with E-state index in [1.165, 1.54) is 44.3 Å². The van der Waals surface area contributed by atoms with Crippen LogP contribution in [0.4, 0.5) is 0 Å². The van der Waals surface area contributed by atoms with Crippen molar-refractivity contribution in [3.05, 3.63) is 34.3 Å². The highest BCUT2D eigenvalue weighted by molar-refractivity contribution is 9.10. The van der Waals surface area contributed by atoms with E-state index in [2.05, 4.69) is 69.7 Å². The van der Waals surface area contributed by atoms with E-state index >= 15 is 0 Å². The Morgan fingerprint density at radius 1 is 1.36 bits per heavy atom. The lowest BCUT2D eigenvalue weighted by atomic mass is 9.96. The summed E-state index contributed by atoms with van der Waals surface area (Å²) in [5, 5.41) is 6.99. The molecular weight excluding hydrogens is 376 g/mol. The fourth-order valence-corrected chi connectivity index (χ4v) is 4.16. The van der Waals surface area contributed by atoms with E-state index in [0.717, 1.165) is 36.0 Å². The van der Waals surface area contributed by atoms with Crippen molar-refractivity contribution in [1.29, 1.82) is 0 Å². The molecular formula is C20H31BrN4. The van der Waals surface area contributed by atoms with Crippen LogP contribution < -0.4 is 10.6 Å². The second kappa shape index (κ2) is 8.54. The molecule has 1 aliphatic carbocycles. The minimum absolute atomic E-state index is 0.247. The van der Waals surface area contributed by atoms with Crippen LogP contribution >= 0.6 is 15.9 Å². The quantitative estimate of drug-likeness (QED) is 0.561. The van der Waals surface area contributed by atoms with Crippen LogP contribution in [-0.4, -0.2) is 50.6 Å². The maximum atomic E-state index is 4.92. The second-order valence-electron chi connectivity index (χ2n) is 7.64. The SMILES string of the molecule is CCNC(=NCC1(c2cccc(Br)c2)CC1)NCC1CCCN(C)C1. The molecule has 1 saturated heterocycles. The van der Waals surface area contributed by atoms with Crippen molar-refractivity contribution in [2.24, 2.45) is 10.9 Å². The number of nitrogens with zero attached hydrogens (tertiary/aromatic N) is 2. The molecule has 1 aromatic carbocycles. The van der Waals surface area contributed by atoms with Gasteiger partial charge in [-0.2, -0.15) is 0 Å². The topological polar surface area (TPSA) is 39.7 Å². The van der Waals surface area contributed by atoms with E-state index in [0.29, 0.717) is 0 Å². The molecule has 0 amide bonds. The first kappa shape index (κ1) is 18.7. The highest BCUT2D eigenvalue weighted by atomic mass is 79.9. The summed E-state index contributed by atoms with van der Waals surface area (Å²) in [5.41, 5.74) is 1.66. The number of hydrogen-bond acceptors (Lipinski definition) is 2. The molecule has 1 aliphatic heterocycles. The fraction of sp³-hybridized carbons (Fsp3) is 0.650. The van der Waals surface area contributed by atoms with Crippen molar-refractivity contribution in [3.8, 4) is 0 Å². The third-order valence-corrected chi connectivity index (χ3v) is 5.95. The summed E-state index contributed by atoms with van der Waals surface area (Å²) in [4.78, 5) is 7.36. The highest BCUT2D eigenvalue weighted by Gasteiger charge is 2.44. The smallest absolute Gasteiger partial charge is 0.191 e. The molecule has 1 saturated carbocycles. The number of benzene rings is 1. The fourth-order valence-electron chi connectivity index (χ4n) is 3.76. The summed E-state index contributed by atoms with van der Waals surface area (Å²) in [7, 11) is 2.22. The standard InChI is InChI=1S/C20H31BrN4/c1-3-22-19(23-13-16-6-5-11-25(2)14-16)24-15-20(9-10-20)17-7-4-8-18(21)12-17/h4,7-8,12,16H,3,5-6,9-11,13-15H2,1-2H3,(H2,22,23,24). The van der Waals surface area contributed by atoms with Gasteiger partial charge in [0.15, 0.2) is 5.96 Å². The summed E-state index contributed by atoms with van der Waals surface area (Å²) in [6.07, 6.45) is 5.10. The maximum Gasteiger partial charge on any atom is 0.191 e. The molecule has 1 heterocycles. The first-order valence-corrected chi connectivity index (χ1v) is 10.4. The average Bonchev–Trinajstić information content (AvgIpc) is 3.39. The zero-order valence-electron chi connectivity index (χ0n) is 15.5. The van der Waals surface area contributed by atoms with Gasteiger partial charge in [-0.1, -0.05) is 28.1 Å². The largest absolute Gasteiger partial charge is 0.357 e. The summed E-state index contributed by atoms with van der Waals surface area (Å²) in [6, 6.07) is 8.72. The predicted octanol–water partition coefficient (Wildman–Crippen LogP) is 3.38. The van der Waals surface area contributed by atoms with Crippen LogP contribution in [-0.2, 0) is 5.41 Å². The zero-order valence-corrected chi connectivity index (χ0v) is 17.1. The van der Waals surface area contributed by atoms with Crippen molar-refractivity contribution in [2.45, 2.75) is 38.0 Å². The van der Waals surface area contributed by atoms with Crippen LogP contribution in [0.3, 0.4) is 0 Å². The van der Waals surface area contributed by atoms with Crippen LogP contribution in [0.5, 0.6) is 0 Å². The van der Waals surface area contributed by atoms with Crippen molar-refractivity contribution in [2.75, 3.05) is 39.8 Å². The molecule has 2 aliphatic rings. The molecule has 0 radical (unpaired) electrons. The Balaban J connectivity index is 1.58. The Kier molecular flexibility index (Phi) is 6.39. The third-order valence-electron chi connectivity index (χ3n) is 5.45. The summed E-state index contributed by atoms with van der Waals surface area (Å²) >= 11 is 3.60. The summed E-state index contributed by atoms with van der Waals surface area (Å²) in [6.45, 7) is 7.34. The van der Waals surface area contributed by atoms with E-state index in [1.54, 1.807) is 0 Å². The van der Waals surface area contributed by atoms with Gasteiger partial charge in [0.1, 0.15) is 0 Å². The van der Waals surface area contributed by atoms with Gasteiger partial charge in [0, 0.05) is 29.5 Å². The van der Waals surface area contributed by atoms with Gasteiger partial charge in [-0.05, 0) is 69.8 Å². The molecule has 25 heavy (non-hydrogen) atoms. The van der Waals surface area contributed by atoms with Crippen molar-refractivity contribution in [1.82, 2.24) is 15.5 Å². The molecule has 2 fully saturated rings. The van der Waals surface area contributed by atoms with E-state index in [1.807, 2.05) is 0 Å². The normalized spacial score (nSPS) is 23.3. The molecule has 5 heteroatoms. The Morgan fingerprint density at radius 3 is 2.88 bits per heavy atom. The number of hydrogen-bond donors (Lipinski definition) is 2. The highest BCUT2D eigenvalue weighted by Crippen LogP contribution is 2.48. The van der Waals surface area contributed by atoms with Crippen molar-refractivity contribution in [3.63, 3.8) is 0 Å². The van der Waals surface area contributed by atoms with Gasteiger partial charge < -0.3 is 15.5 Å². The zero-order chi connectivity index (χ0) is 17.7. The first-order valence-electron chi connectivity index (χ1n) is 9.58. The molecule has 1 atom stereocenters. The van der Waals surface area contributed by atoms with E-state index in [-0.39, 0.29) is 5.41 Å². The number of rotatable bonds is 6. The number of halogens is 1. The Morgan fingerprint density at radius 2 is 2.20 bits per heavy atom. The van der Waals surface area contributed by atoms with E-state index < -0.39 is 0 Å². The number of guanidine groups is 1. The van der Waals surface area contributed by atoms with E-state index in [9.17, 15) is 0 Å². The summed E-state index contributed by atoms with van der Waals surface area (Å²) in [5.74, 6) is 1.69. The van der Waals surface area contributed by atoms with Gasteiger partial charge in [-0.3, -0.25) is 4.99 Å². The van der Waals surface area contributed by atoms with Gasteiger partial charge in [0.2, 0.25) is 0 Å². The lowest BCUT2D eigenvalue weighted by Crippen LogP contribution is -2.43. The molecule has 1 aromatic rings. The van der Waals surface area contributed by atoms with Gasteiger partial charge in [0.25, 0.3) is 0 Å². The maximum absolute atomic E-state index is 4.92. The van der Waals surface area contributed by atoms with Gasteiger partial charge in [-0.15, -0.1) is 0 Å². The van der Waals surface area contributed by atoms with Crippen LogP contribution in [0.25, 0.3) is 0 Å². The van der Waals surface area contributed by atoms with Crippen molar-refractivity contribution < 1.29 is 0 Å². The Hall–Kier alpha value is -1.07. The number of piperidine rings is 1. The molecule has 138 valence electrons. The number of likely N-dealkylation sites (tertiary alicyclic amines) is 1. The van der Waals surface area contributed by atoms with Crippen LogP contribution in [0.1, 0.15) is 38.2 Å². The lowest BCUT2D eigenvalue weighted by molar-refractivity contribution is 0.210. The van der Waals surface area contributed by atoms with Crippen LogP contribution in [0, 0.1) is 5.92 Å². The number of aliphatic imine (C=N–C) groups is 1. The van der Waals surface area contributed by atoms with E-state index in [4.69, 9.17) is 4.99 Å². The van der Waals surface area contributed by atoms with Gasteiger partial charge in [-0.25, -0.2) is 0 Å². The molecule has 4 nitrogen and oxygen atoms in total. The molecule has 0 spiro atoms. The summed E-state index contributed by atoms with van der Waals surface area (Å²) < 4.78 is 1.16. The van der Waals surface area contributed by atoms with Crippen LogP contribution in [0.2, 0.25) is 0 Å². The minimum atomic E-state index is 0.247. The second-order valence-corrected chi connectivity index (χ2v) is 8.55. The minimum Gasteiger partial charge on any atom is -0.357 e. The predicted molar refractivity (Wildman–Crippen MR) is 109 cm³/mol. The first-order chi connectivity index (χ1) is 12.1. The van der Waals surface area contributed by atoms with Gasteiger partial charge in [0.05, 0.1) is 6.54 Å². The monoisotopic (exact) mass is 406 g/mol. The Bertz CT molecular complexity index is 597. The average molecular weight is 407 g/mol.